The number of aromatic nitrogens is 1. The summed E-state index contributed by atoms with van der Waals surface area (Å²) < 4.78 is 21.9. The van der Waals surface area contributed by atoms with Crippen LogP contribution in [0.4, 0.5) is 10.1 Å². The predicted molar refractivity (Wildman–Crippen MR) is 95.1 cm³/mol. The Bertz CT molecular complexity index is 960. The molecular weight excluding hydrogens is 339 g/mol. The number of pyridine rings is 2. The number of hydrogen-bond acceptors (Lipinski definition) is 4. The SMILES string of the molecule is CC1CCN(c2c(F)cn3c(=O)c(C(=O)O)cc4c3c2OC[C@@H]4C)CC1. The molecule has 0 unspecified atom stereocenters. The lowest BCUT2D eigenvalue weighted by Crippen LogP contribution is -2.35. The van der Waals surface area contributed by atoms with Crippen molar-refractivity contribution in [2.45, 2.75) is 32.6 Å². The van der Waals surface area contributed by atoms with Crippen LogP contribution in [0.2, 0.25) is 0 Å². The van der Waals surface area contributed by atoms with Gasteiger partial charge >= 0.3 is 5.97 Å². The van der Waals surface area contributed by atoms with E-state index >= 15 is 0 Å². The van der Waals surface area contributed by atoms with Gasteiger partial charge in [-0.3, -0.25) is 9.20 Å². The van der Waals surface area contributed by atoms with Gasteiger partial charge in [0.05, 0.1) is 18.3 Å². The van der Waals surface area contributed by atoms with Crippen molar-refractivity contribution < 1.29 is 19.0 Å². The highest BCUT2D eigenvalue weighted by Crippen LogP contribution is 2.43. The lowest BCUT2D eigenvalue weighted by molar-refractivity contribution is 0.0694. The molecule has 1 N–H and O–H groups in total. The number of nitrogens with zero attached hydrogens (tertiary/aromatic N) is 2. The number of aromatic carboxylic acids is 1. The molecule has 4 rings (SSSR count). The van der Waals surface area contributed by atoms with E-state index in [1.165, 1.54) is 6.07 Å². The van der Waals surface area contributed by atoms with E-state index in [0.29, 0.717) is 35.0 Å². The molecule has 0 bridgehead atoms. The van der Waals surface area contributed by atoms with Gasteiger partial charge < -0.3 is 14.7 Å². The van der Waals surface area contributed by atoms with Crippen molar-refractivity contribution in [3.63, 3.8) is 0 Å². The van der Waals surface area contributed by atoms with E-state index in [1.807, 2.05) is 11.8 Å². The third kappa shape index (κ3) is 2.45. The fourth-order valence-electron chi connectivity index (χ4n) is 3.91. The van der Waals surface area contributed by atoms with Crippen LogP contribution in [-0.2, 0) is 0 Å². The standard InChI is InChI=1S/C19H21FN2O4/c1-10-3-5-21(6-4-10)16-14(20)8-22-15-12(11(2)9-26-17(15)16)7-13(18(22)23)19(24)25/h7-8,10-11H,3-6,9H2,1-2H3,(H,24,25)/t11-/m0/s1. The summed E-state index contributed by atoms with van der Waals surface area (Å²) in [6, 6.07) is 1.41. The van der Waals surface area contributed by atoms with E-state index in [-0.39, 0.29) is 11.5 Å². The van der Waals surface area contributed by atoms with E-state index in [2.05, 4.69) is 6.92 Å². The van der Waals surface area contributed by atoms with Gasteiger partial charge in [0.15, 0.2) is 11.6 Å². The summed E-state index contributed by atoms with van der Waals surface area (Å²) in [5, 5.41) is 9.32. The molecule has 1 fully saturated rings. The molecule has 2 aromatic rings. The maximum absolute atomic E-state index is 15.0. The zero-order valence-electron chi connectivity index (χ0n) is 14.8. The van der Waals surface area contributed by atoms with Gasteiger partial charge in [-0.05, 0) is 30.4 Å². The molecule has 1 atom stereocenters. The molecule has 0 radical (unpaired) electrons. The molecule has 0 aliphatic carbocycles. The average Bonchev–Trinajstić information content (AvgIpc) is 2.60. The molecule has 138 valence electrons. The lowest BCUT2D eigenvalue weighted by Gasteiger charge is -2.35. The summed E-state index contributed by atoms with van der Waals surface area (Å²) in [4.78, 5) is 25.9. The lowest BCUT2D eigenvalue weighted by atomic mass is 9.95. The van der Waals surface area contributed by atoms with Gasteiger partial charge in [-0.25, -0.2) is 9.18 Å². The summed E-state index contributed by atoms with van der Waals surface area (Å²) in [7, 11) is 0. The minimum absolute atomic E-state index is 0.0871. The Morgan fingerprint density at radius 3 is 2.65 bits per heavy atom. The topological polar surface area (TPSA) is 71.2 Å². The Morgan fingerprint density at radius 2 is 2.00 bits per heavy atom. The molecule has 0 amide bonds. The number of carbonyl (C=O) groups is 1. The van der Waals surface area contributed by atoms with E-state index in [0.717, 1.165) is 36.5 Å². The van der Waals surface area contributed by atoms with Crippen LogP contribution in [0.25, 0.3) is 5.52 Å². The number of carboxylic acids is 1. The predicted octanol–water partition coefficient (Wildman–Crippen LogP) is 2.87. The van der Waals surface area contributed by atoms with Gasteiger partial charge in [-0.15, -0.1) is 0 Å². The van der Waals surface area contributed by atoms with Gasteiger partial charge in [-0.2, -0.15) is 0 Å². The highest BCUT2D eigenvalue weighted by atomic mass is 19.1. The number of halogens is 1. The zero-order valence-corrected chi connectivity index (χ0v) is 14.8. The summed E-state index contributed by atoms with van der Waals surface area (Å²) >= 11 is 0. The molecule has 2 aliphatic heterocycles. The van der Waals surface area contributed by atoms with Gasteiger partial charge in [0.2, 0.25) is 0 Å². The first-order chi connectivity index (χ1) is 12.4. The average molecular weight is 360 g/mol. The maximum atomic E-state index is 15.0. The molecular formula is C19H21FN2O4. The maximum Gasteiger partial charge on any atom is 0.341 e. The van der Waals surface area contributed by atoms with E-state index in [9.17, 15) is 19.1 Å². The molecule has 6 nitrogen and oxygen atoms in total. The number of piperidine rings is 1. The zero-order chi connectivity index (χ0) is 18.6. The number of carboxylic acid groups (broad SMARTS) is 1. The smallest absolute Gasteiger partial charge is 0.341 e. The second-order valence-corrected chi connectivity index (χ2v) is 7.38. The number of anilines is 1. The van der Waals surface area contributed by atoms with Crippen molar-refractivity contribution in [2.24, 2.45) is 5.92 Å². The van der Waals surface area contributed by atoms with Gasteiger partial charge in [0.25, 0.3) is 5.56 Å². The normalized spacial score (nSPS) is 20.3. The molecule has 0 aromatic carbocycles. The largest absolute Gasteiger partial charge is 0.488 e. The number of hydrogen-bond donors (Lipinski definition) is 1. The van der Waals surface area contributed by atoms with Crippen LogP contribution >= 0.6 is 0 Å². The molecule has 0 spiro atoms. The minimum atomic E-state index is -1.31. The molecule has 4 heterocycles. The second-order valence-electron chi connectivity index (χ2n) is 7.38. The number of ether oxygens (including phenoxy) is 1. The van der Waals surface area contributed by atoms with Crippen LogP contribution in [-0.4, -0.2) is 35.2 Å². The Kier molecular flexibility index (Phi) is 3.89. The second kappa shape index (κ2) is 6.00. The Balaban J connectivity index is 2.00. The molecule has 1 saturated heterocycles. The third-order valence-corrected chi connectivity index (χ3v) is 5.50. The monoisotopic (exact) mass is 360 g/mol. The summed E-state index contributed by atoms with van der Waals surface area (Å²) in [6.45, 7) is 5.86. The van der Waals surface area contributed by atoms with Gasteiger partial charge in [0.1, 0.15) is 11.3 Å². The van der Waals surface area contributed by atoms with Crippen LogP contribution in [0.3, 0.4) is 0 Å². The van der Waals surface area contributed by atoms with Crippen molar-refractivity contribution in [1.29, 1.82) is 0 Å². The van der Waals surface area contributed by atoms with E-state index in [1.54, 1.807) is 0 Å². The first kappa shape index (κ1) is 16.9. The quantitative estimate of drug-likeness (QED) is 0.892. The van der Waals surface area contributed by atoms with E-state index < -0.39 is 17.3 Å². The highest BCUT2D eigenvalue weighted by molar-refractivity contribution is 5.90. The van der Waals surface area contributed by atoms with Crippen molar-refractivity contribution >= 4 is 17.2 Å². The first-order valence-electron chi connectivity index (χ1n) is 8.91. The van der Waals surface area contributed by atoms with Crippen molar-refractivity contribution in [3.8, 4) is 5.75 Å². The van der Waals surface area contributed by atoms with Gasteiger partial charge in [0, 0.05) is 19.0 Å². The molecule has 2 aromatic heterocycles. The summed E-state index contributed by atoms with van der Waals surface area (Å²) in [5.41, 5.74) is 0.472. The molecule has 0 saturated carbocycles. The molecule has 7 heteroatoms. The number of rotatable bonds is 2. The fraction of sp³-hybridized carbons (Fsp3) is 0.474. The Hall–Kier alpha value is -2.57. The fourth-order valence-corrected chi connectivity index (χ4v) is 3.91. The molecule has 26 heavy (non-hydrogen) atoms. The third-order valence-electron chi connectivity index (χ3n) is 5.50. The van der Waals surface area contributed by atoms with Crippen molar-refractivity contribution in [3.05, 3.63) is 39.6 Å². The van der Waals surface area contributed by atoms with Gasteiger partial charge in [-0.1, -0.05) is 13.8 Å². The minimum Gasteiger partial charge on any atom is -0.488 e. The Labute approximate surface area is 149 Å². The van der Waals surface area contributed by atoms with Crippen LogP contribution in [0, 0.1) is 11.7 Å². The van der Waals surface area contributed by atoms with Crippen LogP contribution in [0.1, 0.15) is 48.5 Å². The van der Waals surface area contributed by atoms with Crippen molar-refractivity contribution in [1.82, 2.24) is 4.40 Å². The van der Waals surface area contributed by atoms with Crippen molar-refractivity contribution in [2.75, 3.05) is 24.6 Å². The summed E-state index contributed by atoms with van der Waals surface area (Å²) in [5.74, 6) is -1.01. The van der Waals surface area contributed by atoms with Crippen LogP contribution in [0.5, 0.6) is 5.75 Å². The van der Waals surface area contributed by atoms with Crippen LogP contribution < -0.4 is 15.2 Å². The first-order valence-corrected chi connectivity index (χ1v) is 8.91. The summed E-state index contributed by atoms with van der Waals surface area (Å²) in [6.07, 6.45) is 3.04. The van der Waals surface area contributed by atoms with Crippen LogP contribution in [0.15, 0.2) is 17.1 Å². The highest BCUT2D eigenvalue weighted by Gasteiger charge is 2.31. The van der Waals surface area contributed by atoms with E-state index in [4.69, 9.17) is 4.74 Å². The Morgan fingerprint density at radius 1 is 1.31 bits per heavy atom. The molecule has 2 aliphatic rings.